The topological polar surface area (TPSA) is 8.17 Å². The number of nitrogens with zero attached hydrogens (tertiary/aromatic N) is 2. The minimum absolute atomic E-state index is 1.04. The van der Waals surface area contributed by atoms with Crippen LogP contribution < -0.4 is 4.90 Å². The summed E-state index contributed by atoms with van der Waals surface area (Å²) in [6.45, 7) is 3.20. The number of anilines is 1. The minimum atomic E-state index is 1.04. The summed E-state index contributed by atoms with van der Waals surface area (Å²) in [5, 5.41) is 1.33. The number of aryl methyl sites for hydroxylation is 1. The second kappa shape index (κ2) is 3.37. The number of fused-ring (bicyclic) bond motifs is 1. The number of benzene rings is 1. The largest absolute Gasteiger partial charge is 0.373 e. The summed E-state index contributed by atoms with van der Waals surface area (Å²) in [4.78, 5) is 2.27. The van der Waals surface area contributed by atoms with Gasteiger partial charge in [-0.3, -0.25) is 0 Å². The van der Waals surface area contributed by atoms with E-state index >= 15 is 0 Å². The molecular formula is C12H16N2. The number of para-hydroxylation sites is 1. The highest BCUT2D eigenvalue weighted by Crippen LogP contribution is 2.27. The molecule has 0 atom stereocenters. The second-order valence-electron chi connectivity index (χ2n) is 3.66. The molecule has 0 amide bonds. The monoisotopic (exact) mass is 188 g/mol. The Bertz CT molecular complexity index is 443. The highest BCUT2D eigenvalue weighted by atomic mass is 15.1. The number of aromatic nitrogens is 1. The third-order valence-corrected chi connectivity index (χ3v) is 2.76. The van der Waals surface area contributed by atoms with Gasteiger partial charge < -0.3 is 9.47 Å². The molecule has 2 rings (SSSR count). The first-order chi connectivity index (χ1) is 6.74. The van der Waals surface area contributed by atoms with Gasteiger partial charge in [-0.1, -0.05) is 18.2 Å². The smallest absolute Gasteiger partial charge is 0.0623 e. The summed E-state index contributed by atoms with van der Waals surface area (Å²) in [5.74, 6) is 0. The van der Waals surface area contributed by atoms with Crippen LogP contribution in [0.5, 0.6) is 0 Å². The Hall–Kier alpha value is -1.44. The summed E-state index contributed by atoms with van der Waals surface area (Å²) >= 11 is 0. The molecule has 1 aromatic carbocycles. The highest BCUT2D eigenvalue weighted by Gasteiger charge is 2.07. The van der Waals surface area contributed by atoms with Crippen LogP contribution in [0.4, 0.5) is 5.69 Å². The van der Waals surface area contributed by atoms with Gasteiger partial charge >= 0.3 is 0 Å². The van der Waals surface area contributed by atoms with Crippen molar-refractivity contribution in [2.24, 2.45) is 7.05 Å². The van der Waals surface area contributed by atoms with Crippen molar-refractivity contribution in [3.63, 3.8) is 0 Å². The van der Waals surface area contributed by atoms with Crippen molar-refractivity contribution in [1.82, 2.24) is 4.57 Å². The molecule has 0 fully saturated rings. The van der Waals surface area contributed by atoms with E-state index in [0.717, 1.165) is 6.54 Å². The van der Waals surface area contributed by atoms with Gasteiger partial charge in [0.05, 0.1) is 5.69 Å². The lowest BCUT2D eigenvalue weighted by Crippen LogP contribution is -2.15. The molecule has 0 saturated carbocycles. The Morgan fingerprint density at radius 1 is 1.29 bits per heavy atom. The molecule has 0 bridgehead atoms. The van der Waals surface area contributed by atoms with Crippen LogP contribution in [0.1, 0.15) is 6.92 Å². The molecule has 0 aliphatic carbocycles. The normalized spacial score (nSPS) is 10.8. The van der Waals surface area contributed by atoms with Crippen molar-refractivity contribution in [3.8, 4) is 0 Å². The maximum absolute atomic E-state index is 2.27. The molecule has 0 aliphatic rings. The zero-order chi connectivity index (χ0) is 10.1. The van der Waals surface area contributed by atoms with E-state index in [-0.39, 0.29) is 0 Å². The van der Waals surface area contributed by atoms with Crippen LogP contribution in [0.3, 0.4) is 0 Å². The summed E-state index contributed by atoms with van der Waals surface area (Å²) in [5.41, 5.74) is 2.61. The van der Waals surface area contributed by atoms with Crippen LogP contribution in [-0.4, -0.2) is 18.2 Å². The number of hydrogen-bond donors (Lipinski definition) is 0. The fourth-order valence-electron chi connectivity index (χ4n) is 1.79. The van der Waals surface area contributed by atoms with E-state index < -0.39 is 0 Å². The van der Waals surface area contributed by atoms with Crippen molar-refractivity contribution < 1.29 is 0 Å². The predicted molar refractivity (Wildman–Crippen MR) is 61.9 cm³/mol. The third kappa shape index (κ3) is 1.27. The fraction of sp³-hybridized carbons (Fsp3) is 0.333. The first kappa shape index (κ1) is 9.13. The highest BCUT2D eigenvalue weighted by molar-refractivity contribution is 5.93. The van der Waals surface area contributed by atoms with Gasteiger partial charge in [0.15, 0.2) is 0 Å². The lowest BCUT2D eigenvalue weighted by molar-refractivity contribution is 0.936. The van der Waals surface area contributed by atoms with E-state index in [2.05, 4.69) is 60.9 Å². The van der Waals surface area contributed by atoms with Crippen LogP contribution in [0.25, 0.3) is 10.9 Å². The van der Waals surface area contributed by atoms with Crippen molar-refractivity contribution in [3.05, 3.63) is 30.5 Å². The molecule has 2 heteroatoms. The van der Waals surface area contributed by atoms with E-state index in [4.69, 9.17) is 0 Å². The molecule has 0 saturated heterocycles. The van der Waals surface area contributed by atoms with Crippen molar-refractivity contribution in [1.29, 1.82) is 0 Å². The van der Waals surface area contributed by atoms with Crippen LogP contribution >= 0.6 is 0 Å². The third-order valence-electron chi connectivity index (χ3n) is 2.76. The minimum Gasteiger partial charge on any atom is -0.373 e. The summed E-state index contributed by atoms with van der Waals surface area (Å²) in [6, 6.07) is 8.51. The van der Waals surface area contributed by atoms with Gasteiger partial charge in [0.25, 0.3) is 0 Å². The fourth-order valence-corrected chi connectivity index (χ4v) is 1.79. The van der Waals surface area contributed by atoms with Crippen molar-refractivity contribution in [2.45, 2.75) is 6.92 Å². The molecule has 0 N–H and O–H groups in total. The molecule has 0 radical (unpaired) electrons. The lowest BCUT2D eigenvalue weighted by atomic mass is 10.2. The predicted octanol–water partition coefficient (Wildman–Crippen LogP) is 2.63. The molecule has 1 heterocycles. The maximum atomic E-state index is 2.27. The second-order valence-corrected chi connectivity index (χ2v) is 3.66. The van der Waals surface area contributed by atoms with Crippen LogP contribution in [0, 0.1) is 0 Å². The Balaban J connectivity index is 2.66. The quantitative estimate of drug-likeness (QED) is 0.703. The summed E-state index contributed by atoms with van der Waals surface area (Å²) < 4.78 is 2.18. The van der Waals surface area contributed by atoms with Gasteiger partial charge in [-0.2, -0.15) is 0 Å². The Labute approximate surface area is 84.8 Å². The Morgan fingerprint density at radius 2 is 2.00 bits per heavy atom. The average molecular weight is 188 g/mol. The Morgan fingerprint density at radius 3 is 2.71 bits per heavy atom. The van der Waals surface area contributed by atoms with E-state index in [1.165, 1.54) is 16.6 Å². The van der Waals surface area contributed by atoms with Crippen LogP contribution in [0.2, 0.25) is 0 Å². The molecule has 74 valence electrons. The lowest BCUT2D eigenvalue weighted by Gasteiger charge is -2.14. The van der Waals surface area contributed by atoms with Gasteiger partial charge in [0.2, 0.25) is 0 Å². The first-order valence-corrected chi connectivity index (χ1v) is 4.99. The standard InChI is InChI=1S/C12H16N2/c1-4-13(2)12-9-14(3)11-8-6-5-7-10(11)12/h5-9H,4H2,1-3H3. The number of rotatable bonds is 2. The Kier molecular flexibility index (Phi) is 2.20. The molecule has 2 aromatic rings. The summed E-state index contributed by atoms with van der Waals surface area (Å²) in [6.07, 6.45) is 2.19. The van der Waals surface area contributed by atoms with Gasteiger partial charge in [-0.25, -0.2) is 0 Å². The molecule has 0 aliphatic heterocycles. The van der Waals surface area contributed by atoms with E-state index in [0.29, 0.717) is 0 Å². The average Bonchev–Trinajstić information content (AvgIpc) is 2.56. The van der Waals surface area contributed by atoms with E-state index in [1.807, 2.05) is 0 Å². The number of hydrogen-bond acceptors (Lipinski definition) is 1. The van der Waals surface area contributed by atoms with Gasteiger partial charge in [0.1, 0.15) is 0 Å². The van der Waals surface area contributed by atoms with Gasteiger partial charge in [-0.05, 0) is 13.0 Å². The summed E-state index contributed by atoms with van der Waals surface area (Å²) in [7, 11) is 4.22. The molecule has 14 heavy (non-hydrogen) atoms. The zero-order valence-corrected chi connectivity index (χ0v) is 8.99. The van der Waals surface area contributed by atoms with E-state index in [9.17, 15) is 0 Å². The van der Waals surface area contributed by atoms with E-state index in [1.54, 1.807) is 0 Å². The van der Waals surface area contributed by atoms with Crippen molar-refractivity contribution in [2.75, 3.05) is 18.5 Å². The van der Waals surface area contributed by atoms with Crippen LogP contribution in [-0.2, 0) is 7.05 Å². The van der Waals surface area contributed by atoms with Crippen molar-refractivity contribution >= 4 is 16.6 Å². The molecular weight excluding hydrogens is 172 g/mol. The molecule has 1 aromatic heterocycles. The SMILES string of the molecule is CCN(C)c1cn(C)c2ccccc12. The van der Waals surface area contributed by atoms with Crippen LogP contribution in [0.15, 0.2) is 30.5 Å². The van der Waals surface area contributed by atoms with Gasteiger partial charge in [0, 0.05) is 37.7 Å². The zero-order valence-electron chi connectivity index (χ0n) is 8.99. The molecule has 0 unspecified atom stereocenters. The maximum Gasteiger partial charge on any atom is 0.0623 e. The first-order valence-electron chi connectivity index (χ1n) is 4.99. The van der Waals surface area contributed by atoms with Gasteiger partial charge in [-0.15, -0.1) is 0 Å². The molecule has 0 spiro atoms. The molecule has 2 nitrogen and oxygen atoms in total.